The van der Waals surface area contributed by atoms with Gasteiger partial charge in [0, 0.05) is 11.4 Å². The van der Waals surface area contributed by atoms with Crippen LogP contribution in [0.25, 0.3) is 0 Å². The number of aryl methyl sites for hydroxylation is 1. The van der Waals surface area contributed by atoms with E-state index >= 15 is 0 Å². The van der Waals surface area contributed by atoms with E-state index in [2.05, 4.69) is 9.97 Å². The van der Waals surface area contributed by atoms with Gasteiger partial charge in [-0.3, -0.25) is 4.79 Å². The summed E-state index contributed by atoms with van der Waals surface area (Å²) in [5.41, 5.74) is 1.55. The van der Waals surface area contributed by atoms with Crippen LogP contribution >= 0.6 is 11.3 Å². The summed E-state index contributed by atoms with van der Waals surface area (Å²) >= 11 is 1.57. The summed E-state index contributed by atoms with van der Waals surface area (Å²) in [6, 6.07) is 13.0. The van der Waals surface area contributed by atoms with E-state index in [1.807, 2.05) is 42.6 Å². The predicted octanol–water partition coefficient (Wildman–Crippen LogP) is 3.56. The topological polar surface area (TPSA) is 64.6 Å². The molecule has 6 nitrogen and oxygen atoms in total. The van der Waals surface area contributed by atoms with E-state index in [0.717, 1.165) is 10.7 Å². The van der Waals surface area contributed by atoms with Crippen molar-refractivity contribution in [2.75, 3.05) is 6.61 Å². The minimum absolute atomic E-state index is 0.00329. The number of para-hydroxylation sites is 1. The molecule has 1 aliphatic rings. The van der Waals surface area contributed by atoms with Crippen molar-refractivity contribution in [2.24, 2.45) is 0 Å². The third-order valence-corrected chi connectivity index (χ3v) is 4.76. The molecule has 0 N–H and O–H groups in total. The number of hydrogen-bond donors (Lipinski definition) is 0. The Morgan fingerprint density at radius 2 is 2.04 bits per heavy atom. The molecule has 2 aromatic heterocycles. The van der Waals surface area contributed by atoms with Gasteiger partial charge in [-0.05, 0) is 25.1 Å². The number of thiazole rings is 1. The van der Waals surface area contributed by atoms with Crippen LogP contribution in [0.2, 0.25) is 0 Å². The van der Waals surface area contributed by atoms with E-state index in [1.165, 1.54) is 0 Å². The number of carbonyl (C=O) groups is 1. The average molecular weight is 367 g/mol. The summed E-state index contributed by atoms with van der Waals surface area (Å²) in [7, 11) is 0. The number of ether oxygens (including phenoxy) is 2. The van der Waals surface area contributed by atoms with Gasteiger partial charge in [0.15, 0.2) is 6.61 Å². The fraction of sp³-hybridized carbons (Fsp3) is 0.211. The molecule has 3 aromatic rings. The molecule has 1 aromatic carbocycles. The minimum Gasteiger partial charge on any atom is -0.482 e. The van der Waals surface area contributed by atoms with Crippen LogP contribution < -0.4 is 9.47 Å². The van der Waals surface area contributed by atoms with Gasteiger partial charge in [-0.25, -0.2) is 9.97 Å². The number of aromatic nitrogens is 2. The van der Waals surface area contributed by atoms with Crippen LogP contribution in [0.15, 0.2) is 47.8 Å². The normalized spacial score (nSPS) is 13.7. The first-order chi connectivity index (χ1) is 12.7. The number of amides is 1. The summed E-state index contributed by atoms with van der Waals surface area (Å²) in [5, 5.41) is 2.95. The number of rotatable bonds is 4. The Morgan fingerprint density at radius 1 is 1.19 bits per heavy atom. The van der Waals surface area contributed by atoms with Crippen molar-refractivity contribution in [1.29, 1.82) is 0 Å². The maximum Gasteiger partial charge on any atom is 0.261 e. The molecular formula is C19H17N3O3S. The zero-order chi connectivity index (χ0) is 17.9. The lowest BCUT2D eigenvalue weighted by Gasteiger charge is -2.18. The second-order valence-electron chi connectivity index (χ2n) is 5.91. The summed E-state index contributed by atoms with van der Waals surface area (Å²) < 4.78 is 11.4. The molecule has 0 aliphatic carbocycles. The molecule has 0 atom stereocenters. The second-order valence-corrected chi connectivity index (χ2v) is 6.97. The molecular weight excluding hydrogens is 350 g/mol. The molecule has 0 radical (unpaired) electrons. The first kappa shape index (κ1) is 16.5. The zero-order valence-corrected chi connectivity index (χ0v) is 15.0. The first-order valence-electron chi connectivity index (χ1n) is 8.22. The Bertz CT molecular complexity index is 927. The van der Waals surface area contributed by atoms with Gasteiger partial charge in [-0.15, -0.1) is 11.3 Å². The van der Waals surface area contributed by atoms with Crippen LogP contribution in [0, 0.1) is 6.92 Å². The quantitative estimate of drug-likeness (QED) is 0.705. The lowest BCUT2D eigenvalue weighted by molar-refractivity contribution is -0.133. The van der Waals surface area contributed by atoms with E-state index in [-0.39, 0.29) is 12.5 Å². The highest BCUT2D eigenvalue weighted by Crippen LogP contribution is 2.27. The fourth-order valence-electron chi connectivity index (χ4n) is 2.70. The van der Waals surface area contributed by atoms with E-state index in [0.29, 0.717) is 36.2 Å². The molecule has 7 heteroatoms. The SMILES string of the molecule is Cc1nc(CN2Cc3nc(Oc4ccccc4)ccc3OCC2=O)cs1. The van der Waals surface area contributed by atoms with Crippen molar-refractivity contribution < 1.29 is 14.3 Å². The molecule has 0 unspecified atom stereocenters. The summed E-state index contributed by atoms with van der Waals surface area (Å²) in [6.07, 6.45) is 0. The van der Waals surface area contributed by atoms with Crippen molar-refractivity contribution in [3.8, 4) is 17.4 Å². The van der Waals surface area contributed by atoms with Gasteiger partial charge in [0.25, 0.3) is 5.91 Å². The van der Waals surface area contributed by atoms with Crippen LogP contribution in [0.5, 0.6) is 17.4 Å². The Hall–Kier alpha value is -2.93. The van der Waals surface area contributed by atoms with Crippen LogP contribution in [-0.4, -0.2) is 27.4 Å². The molecule has 1 amide bonds. The zero-order valence-electron chi connectivity index (χ0n) is 14.2. The molecule has 4 rings (SSSR count). The number of hydrogen-bond acceptors (Lipinski definition) is 6. The molecule has 0 fully saturated rings. The van der Waals surface area contributed by atoms with Crippen LogP contribution in [0.1, 0.15) is 16.4 Å². The number of carbonyl (C=O) groups excluding carboxylic acids is 1. The van der Waals surface area contributed by atoms with Gasteiger partial charge < -0.3 is 14.4 Å². The third-order valence-electron chi connectivity index (χ3n) is 3.94. The van der Waals surface area contributed by atoms with Crippen LogP contribution in [0.3, 0.4) is 0 Å². The molecule has 0 saturated carbocycles. The number of nitrogens with zero attached hydrogens (tertiary/aromatic N) is 3. The van der Waals surface area contributed by atoms with E-state index in [1.54, 1.807) is 28.4 Å². The molecule has 1 aliphatic heterocycles. The monoisotopic (exact) mass is 367 g/mol. The van der Waals surface area contributed by atoms with E-state index < -0.39 is 0 Å². The maximum absolute atomic E-state index is 12.4. The number of benzene rings is 1. The highest BCUT2D eigenvalue weighted by atomic mass is 32.1. The maximum atomic E-state index is 12.4. The van der Waals surface area contributed by atoms with Gasteiger partial charge in [0.05, 0.1) is 23.8 Å². The van der Waals surface area contributed by atoms with Gasteiger partial charge in [-0.2, -0.15) is 0 Å². The van der Waals surface area contributed by atoms with E-state index in [9.17, 15) is 4.79 Å². The molecule has 3 heterocycles. The Morgan fingerprint density at radius 3 is 2.81 bits per heavy atom. The first-order valence-corrected chi connectivity index (χ1v) is 9.10. The lowest BCUT2D eigenvalue weighted by atomic mass is 10.3. The molecule has 0 bridgehead atoms. The highest BCUT2D eigenvalue weighted by molar-refractivity contribution is 7.09. The van der Waals surface area contributed by atoms with Gasteiger partial charge in [0.1, 0.15) is 17.2 Å². The van der Waals surface area contributed by atoms with Gasteiger partial charge >= 0.3 is 0 Å². The van der Waals surface area contributed by atoms with Crippen molar-refractivity contribution >= 4 is 17.2 Å². The van der Waals surface area contributed by atoms with Crippen molar-refractivity contribution in [3.05, 3.63) is 64.2 Å². The van der Waals surface area contributed by atoms with Crippen molar-refractivity contribution in [3.63, 3.8) is 0 Å². The number of pyridine rings is 1. The molecule has 26 heavy (non-hydrogen) atoms. The standard InChI is InChI=1S/C19H17N3O3S/c1-13-20-14(12-26-13)9-22-10-16-17(24-11-19(22)23)7-8-18(21-16)25-15-5-3-2-4-6-15/h2-8,12H,9-11H2,1H3. The van der Waals surface area contributed by atoms with Crippen LogP contribution in [-0.2, 0) is 17.9 Å². The Balaban J connectivity index is 1.56. The number of fused-ring (bicyclic) bond motifs is 1. The third kappa shape index (κ3) is 3.67. The lowest BCUT2D eigenvalue weighted by Crippen LogP contribution is -2.32. The van der Waals surface area contributed by atoms with Crippen molar-refractivity contribution in [1.82, 2.24) is 14.9 Å². The predicted molar refractivity (Wildman–Crippen MR) is 97.4 cm³/mol. The van der Waals surface area contributed by atoms with E-state index in [4.69, 9.17) is 9.47 Å². The summed E-state index contributed by atoms with van der Waals surface area (Å²) in [5.74, 6) is 1.70. The molecule has 132 valence electrons. The van der Waals surface area contributed by atoms with Gasteiger partial charge in [0.2, 0.25) is 5.88 Å². The Kier molecular flexibility index (Phi) is 4.53. The van der Waals surface area contributed by atoms with Crippen molar-refractivity contribution in [2.45, 2.75) is 20.0 Å². The van der Waals surface area contributed by atoms with Crippen LogP contribution in [0.4, 0.5) is 0 Å². The average Bonchev–Trinajstić information content (AvgIpc) is 2.99. The summed E-state index contributed by atoms with van der Waals surface area (Å²) in [4.78, 5) is 23.1. The highest BCUT2D eigenvalue weighted by Gasteiger charge is 2.24. The van der Waals surface area contributed by atoms with Gasteiger partial charge in [-0.1, -0.05) is 18.2 Å². The molecule has 0 saturated heterocycles. The smallest absolute Gasteiger partial charge is 0.261 e. The largest absolute Gasteiger partial charge is 0.482 e. The molecule has 0 spiro atoms. The second kappa shape index (κ2) is 7.13. The summed E-state index contributed by atoms with van der Waals surface area (Å²) in [6.45, 7) is 2.75. The fourth-order valence-corrected chi connectivity index (χ4v) is 3.30. The Labute approximate surface area is 155 Å². The minimum atomic E-state index is -0.0841.